The zero-order valence-corrected chi connectivity index (χ0v) is 15.5. The summed E-state index contributed by atoms with van der Waals surface area (Å²) in [5, 5.41) is 6.81. The van der Waals surface area contributed by atoms with Gasteiger partial charge >= 0.3 is 5.97 Å². The van der Waals surface area contributed by atoms with Crippen LogP contribution in [-0.2, 0) is 14.3 Å². The van der Waals surface area contributed by atoms with E-state index < -0.39 is 5.97 Å². The normalized spacial score (nSPS) is 10.2. The Hall–Kier alpha value is -2.71. The number of hydrogen-bond acceptors (Lipinski definition) is 5. The number of anilines is 1. The van der Waals surface area contributed by atoms with Gasteiger partial charge in [0, 0.05) is 11.9 Å². The predicted molar refractivity (Wildman–Crippen MR) is 100 cm³/mol. The van der Waals surface area contributed by atoms with Crippen LogP contribution >= 0.6 is 11.3 Å². The molecule has 7 nitrogen and oxygen atoms in total. The Labute approximate surface area is 155 Å². The molecule has 0 radical (unpaired) electrons. The molecule has 138 valence electrons. The number of quaternary nitrogens is 1. The minimum Gasteiger partial charge on any atom is -0.462 e. The van der Waals surface area contributed by atoms with Crippen molar-refractivity contribution >= 4 is 34.8 Å². The van der Waals surface area contributed by atoms with Crippen molar-refractivity contribution in [2.75, 3.05) is 32.1 Å². The van der Waals surface area contributed by atoms with Gasteiger partial charge in [0.2, 0.25) is 0 Å². The summed E-state index contributed by atoms with van der Waals surface area (Å²) in [5.41, 5.74) is 1.38. The maximum Gasteiger partial charge on any atom is 0.350 e. The number of benzene rings is 1. The number of rotatable bonds is 8. The van der Waals surface area contributed by atoms with Crippen LogP contribution in [0.1, 0.15) is 16.6 Å². The summed E-state index contributed by atoms with van der Waals surface area (Å²) in [5.74, 6) is -0.923. The molecule has 8 heteroatoms. The minimum atomic E-state index is -0.468. The topological polar surface area (TPSA) is 101 Å². The molecule has 0 spiro atoms. The SMILES string of the molecule is CCOC(=O)c1sc(-c2ccccc2)cc1NC(=O)C[NH2+]CC(=O)NC. The van der Waals surface area contributed by atoms with E-state index in [1.165, 1.54) is 11.3 Å². The molecule has 2 aromatic rings. The first kappa shape index (κ1) is 19.6. The first-order chi connectivity index (χ1) is 12.5. The van der Waals surface area contributed by atoms with E-state index in [4.69, 9.17) is 4.74 Å². The molecule has 1 aromatic carbocycles. The Bertz CT molecular complexity index is 774. The smallest absolute Gasteiger partial charge is 0.350 e. The van der Waals surface area contributed by atoms with Gasteiger partial charge in [-0.15, -0.1) is 11.3 Å². The van der Waals surface area contributed by atoms with Gasteiger partial charge in [0.25, 0.3) is 11.8 Å². The molecule has 2 amide bonds. The quantitative estimate of drug-likeness (QED) is 0.594. The highest BCUT2D eigenvalue weighted by atomic mass is 32.1. The summed E-state index contributed by atoms with van der Waals surface area (Å²) in [4.78, 5) is 36.8. The third-order valence-electron chi connectivity index (χ3n) is 3.46. The number of hydrogen-bond donors (Lipinski definition) is 3. The standard InChI is InChI=1S/C18H21N3O4S/c1-3-25-18(24)17-13(21-16(23)11-20-10-15(22)19-2)9-14(26-17)12-7-5-4-6-8-12/h4-9,20H,3,10-11H2,1-2H3,(H,19,22)(H,21,23)/p+1. The Morgan fingerprint density at radius 2 is 1.81 bits per heavy atom. The van der Waals surface area contributed by atoms with Crippen LogP contribution < -0.4 is 16.0 Å². The first-order valence-electron chi connectivity index (χ1n) is 8.23. The van der Waals surface area contributed by atoms with E-state index in [-0.39, 0.29) is 31.5 Å². The molecule has 0 aliphatic rings. The maximum absolute atomic E-state index is 12.2. The van der Waals surface area contributed by atoms with Crippen LogP contribution in [0.3, 0.4) is 0 Å². The number of ether oxygens (including phenoxy) is 1. The Balaban J connectivity index is 2.14. The van der Waals surface area contributed by atoms with Gasteiger partial charge in [-0.1, -0.05) is 30.3 Å². The maximum atomic E-state index is 12.2. The number of nitrogens with two attached hydrogens (primary N) is 1. The molecular formula is C18H22N3O4S+. The molecule has 26 heavy (non-hydrogen) atoms. The summed E-state index contributed by atoms with van der Waals surface area (Å²) in [6.45, 7) is 2.22. The van der Waals surface area contributed by atoms with E-state index in [1.807, 2.05) is 30.3 Å². The van der Waals surface area contributed by atoms with Crippen molar-refractivity contribution < 1.29 is 24.4 Å². The van der Waals surface area contributed by atoms with Crippen LogP contribution in [0.2, 0.25) is 0 Å². The van der Waals surface area contributed by atoms with Crippen LogP contribution in [0.4, 0.5) is 5.69 Å². The highest BCUT2D eigenvalue weighted by Crippen LogP contribution is 2.35. The van der Waals surface area contributed by atoms with E-state index in [1.54, 1.807) is 25.4 Å². The van der Waals surface area contributed by atoms with Crippen molar-refractivity contribution in [1.29, 1.82) is 0 Å². The summed E-state index contributed by atoms with van der Waals surface area (Å²) in [6, 6.07) is 11.4. The second-order valence-corrected chi connectivity index (χ2v) is 6.41. The van der Waals surface area contributed by atoms with E-state index in [2.05, 4.69) is 10.6 Å². The zero-order valence-electron chi connectivity index (χ0n) is 14.7. The lowest BCUT2D eigenvalue weighted by Crippen LogP contribution is -2.88. The van der Waals surface area contributed by atoms with Crippen LogP contribution in [0.25, 0.3) is 10.4 Å². The fraction of sp³-hybridized carbons (Fsp3) is 0.278. The number of esters is 1. The second kappa shape index (κ2) is 9.69. The van der Waals surface area contributed by atoms with Crippen molar-refractivity contribution in [3.8, 4) is 10.4 Å². The second-order valence-electron chi connectivity index (χ2n) is 5.36. The highest BCUT2D eigenvalue weighted by Gasteiger charge is 2.20. The summed E-state index contributed by atoms with van der Waals surface area (Å²) in [7, 11) is 1.54. The Morgan fingerprint density at radius 1 is 1.12 bits per heavy atom. The lowest BCUT2D eigenvalue weighted by atomic mass is 10.2. The monoisotopic (exact) mass is 376 g/mol. The molecule has 0 bridgehead atoms. The number of amides is 2. The predicted octanol–water partition coefficient (Wildman–Crippen LogP) is 0.840. The van der Waals surface area contributed by atoms with E-state index in [0.717, 1.165) is 10.4 Å². The average molecular weight is 376 g/mol. The van der Waals surface area contributed by atoms with Crippen LogP contribution in [-0.4, -0.2) is 44.5 Å². The van der Waals surface area contributed by atoms with Gasteiger partial charge in [-0.2, -0.15) is 0 Å². The van der Waals surface area contributed by atoms with Gasteiger partial charge in [0.1, 0.15) is 4.88 Å². The number of carbonyl (C=O) groups excluding carboxylic acids is 3. The third kappa shape index (κ3) is 5.40. The van der Waals surface area contributed by atoms with Gasteiger partial charge in [0.15, 0.2) is 13.1 Å². The Kier molecular flexibility index (Phi) is 7.31. The summed E-state index contributed by atoms with van der Waals surface area (Å²) >= 11 is 1.27. The van der Waals surface area contributed by atoms with Gasteiger partial charge in [0.05, 0.1) is 12.3 Å². The molecule has 0 atom stereocenters. The number of nitrogens with one attached hydrogen (secondary N) is 2. The highest BCUT2D eigenvalue weighted by molar-refractivity contribution is 7.18. The van der Waals surface area contributed by atoms with Gasteiger partial charge in [-0.3, -0.25) is 9.59 Å². The van der Waals surface area contributed by atoms with Crippen molar-refractivity contribution in [3.63, 3.8) is 0 Å². The molecule has 0 unspecified atom stereocenters. The lowest BCUT2D eigenvalue weighted by Gasteiger charge is -2.05. The summed E-state index contributed by atoms with van der Waals surface area (Å²) in [6.07, 6.45) is 0. The van der Waals surface area contributed by atoms with Crippen molar-refractivity contribution in [1.82, 2.24) is 5.32 Å². The molecular weight excluding hydrogens is 354 g/mol. The van der Waals surface area contributed by atoms with E-state index in [0.29, 0.717) is 10.6 Å². The number of thiophene rings is 1. The van der Waals surface area contributed by atoms with Crippen LogP contribution in [0.5, 0.6) is 0 Å². The minimum absolute atomic E-state index is 0.0756. The molecule has 0 aliphatic carbocycles. The number of likely N-dealkylation sites (N-methyl/N-ethyl adjacent to an activating group) is 1. The average Bonchev–Trinajstić information content (AvgIpc) is 3.06. The van der Waals surface area contributed by atoms with Gasteiger partial charge in [-0.05, 0) is 18.6 Å². The van der Waals surface area contributed by atoms with Crippen LogP contribution in [0, 0.1) is 0 Å². The molecule has 2 rings (SSSR count). The fourth-order valence-corrected chi connectivity index (χ4v) is 3.23. The van der Waals surface area contributed by atoms with Gasteiger partial charge in [-0.25, -0.2) is 4.79 Å². The molecule has 4 N–H and O–H groups in total. The van der Waals surface area contributed by atoms with E-state index in [9.17, 15) is 14.4 Å². The first-order valence-corrected chi connectivity index (χ1v) is 9.05. The summed E-state index contributed by atoms with van der Waals surface area (Å²) < 4.78 is 5.09. The van der Waals surface area contributed by atoms with Crippen LogP contribution in [0.15, 0.2) is 36.4 Å². The van der Waals surface area contributed by atoms with Crippen molar-refractivity contribution in [3.05, 3.63) is 41.3 Å². The van der Waals surface area contributed by atoms with Gasteiger partial charge < -0.3 is 20.7 Å². The lowest BCUT2D eigenvalue weighted by molar-refractivity contribution is -0.632. The van der Waals surface area contributed by atoms with E-state index >= 15 is 0 Å². The third-order valence-corrected chi connectivity index (χ3v) is 4.63. The van der Waals surface area contributed by atoms with Crippen molar-refractivity contribution in [2.45, 2.75) is 6.92 Å². The molecule has 0 aliphatic heterocycles. The molecule has 1 aromatic heterocycles. The van der Waals surface area contributed by atoms with Crippen molar-refractivity contribution in [2.24, 2.45) is 0 Å². The molecule has 0 saturated carbocycles. The zero-order chi connectivity index (χ0) is 18.9. The Morgan fingerprint density at radius 3 is 2.46 bits per heavy atom. The molecule has 1 heterocycles. The molecule has 0 fully saturated rings. The largest absolute Gasteiger partial charge is 0.462 e. The molecule has 0 saturated heterocycles. The fourth-order valence-electron chi connectivity index (χ4n) is 2.21. The number of carbonyl (C=O) groups is 3.